The van der Waals surface area contributed by atoms with E-state index in [-0.39, 0.29) is 6.61 Å². The topological polar surface area (TPSA) is 45.6 Å². The zero-order valence-electron chi connectivity index (χ0n) is 8.02. The fraction of sp³-hybridized carbons (Fsp3) is 0.500. The second-order valence-corrected chi connectivity index (χ2v) is 3.24. The molecule has 2 rings (SSSR count). The molecule has 4 nitrogen and oxygen atoms in total. The van der Waals surface area contributed by atoms with Gasteiger partial charge in [-0.25, -0.2) is 4.98 Å². The van der Waals surface area contributed by atoms with Crippen LogP contribution in [0.5, 0.6) is 0 Å². The molecule has 1 aromatic heterocycles. The molecule has 0 saturated carbocycles. The lowest BCUT2D eigenvalue weighted by Crippen LogP contribution is -2.36. The van der Waals surface area contributed by atoms with Gasteiger partial charge in [-0.1, -0.05) is 6.07 Å². The van der Waals surface area contributed by atoms with Gasteiger partial charge in [-0.3, -0.25) is 0 Å². The first-order valence-electron chi connectivity index (χ1n) is 4.79. The Hall–Kier alpha value is -1.13. The Balaban J connectivity index is 2.13. The van der Waals surface area contributed by atoms with Crippen molar-refractivity contribution in [1.82, 2.24) is 4.98 Å². The SMILES string of the molecule is OCc1cccc(N2CCOCC2)n1. The molecule has 1 aliphatic heterocycles. The number of rotatable bonds is 2. The van der Waals surface area contributed by atoms with Crippen LogP contribution in [-0.2, 0) is 11.3 Å². The number of hydrogen-bond donors (Lipinski definition) is 1. The van der Waals surface area contributed by atoms with Gasteiger partial charge in [0.15, 0.2) is 0 Å². The largest absolute Gasteiger partial charge is 0.390 e. The maximum atomic E-state index is 8.95. The number of pyridine rings is 1. The number of anilines is 1. The van der Waals surface area contributed by atoms with E-state index in [4.69, 9.17) is 9.84 Å². The highest BCUT2D eigenvalue weighted by atomic mass is 16.5. The van der Waals surface area contributed by atoms with Gasteiger partial charge in [0.05, 0.1) is 25.5 Å². The highest BCUT2D eigenvalue weighted by Crippen LogP contribution is 2.12. The predicted molar refractivity (Wildman–Crippen MR) is 53.2 cm³/mol. The van der Waals surface area contributed by atoms with Crippen LogP contribution in [0.1, 0.15) is 5.69 Å². The number of nitrogens with zero attached hydrogens (tertiary/aromatic N) is 2. The zero-order valence-corrected chi connectivity index (χ0v) is 8.02. The van der Waals surface area contributed by atoms with Gasteiger partial charge in [-0.05, 0) is 12.1 Å². The van der Waals surface area contributed by atoms with E-state index in [1.807, 2.05) is 18.2 Å². The number of aliphatic hydroxyl groups excluding tert-OH is 1. The Morgan fingerprint density at radius 3 is 2.86 bits per heavy atom. The summed E-state index contributed by atoms with van der Waals surface area (Å²) in [5, 5.41) is 8.95. The maximum Gasteiger partial charge on any atom is 0.129 e. The van der Waals surface area contributed by atoms with Gasteiger partial charge in [0, 0.05) is 13.1 Å². The summed E-state index contributed by atoms with van der Waals surface area (Å²) < 4.78 is 5.26. The molecule has 0 aromatic carbocycles. The summed E-state index contributed by atoms with van der Waals surface area (Å²) in [5.74, 6) is 0.930. The van der Waals surface area contributed by atoms with Crippen molar-refractivity contribution in [1.29, 1.82) is 0 Å². The van der Waals surface area contributed by atoms with Crippen LogP contribution in [0, 0.1) is 0 Å². The molecule has 1 saturated heterocycles. The second-order valence-electron chi connectivity index (χ2n) is 3.24. The van der Waals surface area contributed by atoms with E-state index < -0.39 is 0 Å². The van der Waals surface area contributed by atoms with Crippen molar-refractivity contribution in [3.8, 4) is 0 Å². The smallest absolute Gasteiger partial charge is 0.129 e. The molecule has 14 heavy (non-hydrogen) atoms. The van der Waals surface area contributed by atoms with Gasteiger partial charge >= 0.3 is 0 Å². The molecule has 76 valence electrons. The van der Waals surface area contributed by atoms with Gasteiger partial charge < -0.3 is 14.7 Å². The van der Waals surface area contributed by atoms with Crippen LogP contribution >= 0.6 is 0 Å². The van der Waals surface area contributed by atoms with Gasteiger partial charge in [-0.15, -0.1) is 0 Å². The van der Waals surface area contributed by atoms with Crippen molar-refractivity contribution in [3.05, 3.63) is 23.9 Å². The Morgan fingerprint density at radius 1 is 1.36 bits per heavy atom. The third-order valence-corrected chi connectivity index (χ3v) is 2.29. The van der Waals surface area contributed by atoms with Gasteiger partial charge in [-0.2, -0.15) is 0 Å². The monoisotopic (exact) mass is 194 g/mol. The van der Waals surface area contributed by atoms with Crippen molar-refractivity contribution in [3.63, 3.8) is 0 Å². The maximum absolute atomic E-state index is 8.95. The van der Waals surface area contributed by atoms with Crippen molar-refractivity contribution in [2.75, 3.05) is 31.2 Å². The summed E-state index contributed by atoms with van der Waals surface area (Å²) in [6, 6.07) is 5.71. The van der Waals surface area contributed by atoms with E-state index in [1.54, 1.807) is 0 Å². The summed E-state index contributed by atoms with van der Waals surface area (Å²) in [6.07, 6.45) is 0. The zero-order chi connectivity index (χ0) is 9.80. The first-order chi connectivity index (χ1) is 6.90. The fourth-order valence-corrected chi connectivity index (χ4v) is 1.52. The molecular weight excluding hydrogens is 180 g/mol. The molecule has 0 amide bonds. The number of morpholine rings is 1. The minimum Gasteiger partial charge on any atom is -0.390 e. The quantitative estimate of drug-likeness (QED) is 0.740. The summed E-state index contributed by atoms with van der Waals surface area (Å²) in [5.41, 5.74) is 0.717. The molecule has 0 unspecified atom stereocenters. The van der Waals surface area contributed by atoms with E-state index in [0.29, 0.717) is 5.69 Å². The molecule has 0 spiro atoms. The molecular formula is C10H14N2O2. The van der Waals surface area contributed by atoms with Gasteiger partial charge in [0.2, 0.25) is 0 Å². The Morgan fingerprint density at radius 2 is 2.14 bits per heavy atom. The summed E-state index contributed by atoms with van der Waals surface area (Å²) in [4.78, 5) is 6.50. The van der Waals surface area contributed by atoms with E-state index in [1.165, 1.54) is 0 Å². The highest BCUT2D eigenvalue weighted by molar-refractivity contribution is 5.39. The van der Waals surface area contributed by atoms with E-state index in [9.17, 15) is 0 Å². The molecule has 0 bridgehead atoms. The van der Waals surface area contributed by atoms with Gasteiger partial charge in [0.1, 0.15) is 5.82 Å². The number of ether oxygens (including phenoxy) is 1. The van der Waals surface area contributed by atoms with Crippen molar-refractivity contribution in [2.45, 2.75) is 6.61 Å². The molecule has 0 radical (unpaired) electrons. The average molecular weight is 194 g/mol. The lowest BCUT2D eigenvalue weighted by molar-refractivity contribution is 0.122. The molecule has 1 fully saturated rings. The van der Waals surface area contributed by atoms with E-state index >= 15 is 0 Å². The first-order valence-corrected chi connectivity index (χ1v) is 4.79. The predicted octanol–water partition coefficient (Wildman–Crippen LogP) is 0.410. The molecule has 2 heterocycles. The highest BCUT2D eigenvalue weighted by Gasteiger charge is 2.11. The van der Waals surface area contributed by atoms with E-state index in [0.717, 1.165) is 32.1 Å². The second kappa shape index (κ2) is 4.39. The third kappa shape index (κ3) is 2.02. The molecule has 0 atom stereocenters. The number of aromatic nitrogens is 1. The standard InChI is InChI=1S/C10H14N2O2/c13-8-9-2-1-3-10(11-9)12-4-6-14-7-5-12/h1-3,13H,4-8H2. The average Bonchev–Trinajstić information content (AvgIpc) is 2.30. The minimum absolute atomic E-state index is 0.00181. The van der Waals surface area contributed by atoms with Crippen LogP contribution in [0.4, 0.5) is 5.82 Å². The Bertz CT molecular complexity index is 298. The van der Waals surface area contributed by atoms with Crippen molar-refractivity contribution in [2.24, 2.45) is 0 Å². The molecule has 1 N–H and O–H groups in total. The van der Waals surface area contributed by atoms with Crippen LogP contribution < -0.4 is 4.90 Å². The van der Waals surface area contributed by atoms with Gasteiger partial charge in [0.25, 0.3) is 0 Å². The van der Waals surface area contributed by atoms with Crippen LogP contribution in [0.25, 0.3) is 0 Å². The Labute approximate surface area is 83.1 Å². The number of hydrogen-bond acceptors (Lipinski definition) is 4. The first kappa shape index (κ1) is 9.43. The molecule has 1 aliphatic rings. The van der Waals surface area contributed by atoms with Crippen molar-refractivity contribution < 1.29 is 9.84 Å². The van der Waals surface area contributed by atoms with Crippen LogP contribution in [0.3, 0.4) is 0 Å². The summed E-state index contributed by atoms with van der Waals surface area (Å²) >= 11 is 0. The summed E-state index contributed by atoms with van der Waals surface area (Å²) in [7, 11) is 0. The normalized spacial score (nSPS) is 17.1. The van der Waals surface area contributed by atoms with Crippen LogP contribution in [0.15, 0.2) is 18.2 Å². The Kier molecular flexibility index (Phi) is 2.96. The molecule has 0 aliphatic carbocycles. The molecule has 1 aromatic rings. The van der Waals surface area contributed by atoms with E-state index in [2.05, 4.69) is 9.88 Å². The molecule has 4 heteroatoms. The summed E-state index contributed by atoms with van der Waals surface area (Å²) in [6.45, 7) is 3.26. The van der Waals surface area contributed by atoms with Crippen LogP contribution in [0.2, 0.25) is 0 Å². The lowest BCUT2D eigenvalue weighted by atomic mass is 10.3. The fourth-order valence-electron chi connectivity index (χ4n) is 1.52. The lowest BCUT2D eigenvalue weighted by Gasteiger charge is -2.27. The minimum atomic E-state index is -0.00181. The van der Waals surface area contributed by atoms with Crippen molar-refractivity contribution >= 4 is 5.82 Å². The number of aliphatic hydroxyl groups is 1. The third-order valence-electron chi connectivity index (χ3n) is 2.29. The van der Waals surface area contributed by atoms with Crippen LogP contribution in [-0.4, -0.2) is 36.4 Å².